The molecule has 1 unspecified atom stereocenters. The molecule has 1 aliphatic heterocycles. The predicted octanol–water partition coefficient (Wildman–Crippen LogP) is 6.90. The van der Waals surface area contributed by atoms with E-state index in [4.69, 9.17) is 9.31 Å². The topological polar surface area (TPSA) is 31.4 Å². The van der Waals surface area contributed by atoms with E-state index in [-0.39, 0.29) is 0 Å². The molecule has 1 saturated heterocycles. The fourth-order valence-electron chi connectivity index (χ4n) is 6.30. The number of fused-ring (bicyclic) bond motifs is 5. The van der Waals surface area contributed by atoms with E-state index in [1.807, 2.05) is 18.5 Å². The van der Waals surface area contributed by atoms with Gasteiger partial charge in [0.15, 0.2) is 0 Å². The first kappa shape index (κ1) is 23.4. The Kier molecular flexibility index (Phi) is 5.01. The zero-order valence-corrected chi connectivity index (χ0v) is 22.2. The molecule has 1 atom stereocenters. The van der Waals surface area contributed by atoms with E-state index < -0.39 is 23.7 Å². The van der Waals surface area contributed by atoms with Crippen LogP contribution in [0.1, 0.15) is 49.9 Å². The first-order valence-electron chi connectivity index (χ1n) is 13.3. The third-order valence-electron chi connectivity index (χ3n) is 8.88. The molecule has 186 valence electrons. The summed E-state index contributed by atoms with van der Waals surface area (Å²) in [5.41, 5.74) is 7.09. The van der Waals surface area contributed by atoms with Crippen LogP contribution in [-0.4, -0.2) is 23.3 Å². The van der Waals surface area contributed by atoms with Crippen LogP contribution in [0.15, 0.2) is 109 Å². The van der Waals surface area contributed by atoms with Crippen LogP contribution in [-0.2, 0) is 14.7 Å². The number of aromatic nitrogens is 1. The Hall–Kier alpha value is -3.73. The lowest BCUT2D eigenvalue weighted by Gasteiger charge is -2.33. The van der Waals surface area contributed by atoms with Crippen molar-refractivity contribution in [1.82, 2.24) is 4.98 Å². The maximum absolute atomic E-state index is 6.50. The maximum Gasteiger partial charge on any atom is 0.494 e. The van der Waals surface area contributed by atoms with Gasteiger partial charge in [-0.3, -0.25) is 4.98 Å². The number of hydrogen-bond acceptors (Lipinski definition) is 3. The summed E-state index contributed by atoms with van der Waals surface area (Å²) in [6.45, 7) is 8.41. The quantitative estimate of drug-likeness (QED) is 0.251. The fourth-order valence-corrected chi connectivity index (χ4v) is 6.30. The van der Waals surface area contributed by atoms with E-state index in [1.165, 1.54) is 38.6 Å². The molecule has 0 amide bonds. The van der Waals surface area contributed by atoms with Gasteiger partial charge in [0.25, 0.3) is 0 Å². The normalized spacial score (nSPS) is 20.9. The van der Waals surface area contributed by atoms with E-state index in [9.17, 15) is 0 Å². The molecular formula is C34H30BNO2. The van der Waals surface area contributed by atoms with E-state index in [0.717, 1.165) is 11.0 Å². The first-order chi connectivity index (χ1) is 18.3. The van der Waals surface area contributed by atoms with Crippen LogP contribution in [0.5, 0.6) is 0 Å². The minimum absolute atomic E-state index is 0.407. The predicted molar refractivity (Wildman–Crippen MR) is 155 cm³/mol. The molecule has 2 aliphatic rings. The van der Waals surface area contributed by atoms with Crippen LogP contribution in [0.3, 0.4) is 0 Å². The lowest BCUT2D eigenvalue weighted by atomic mass is 9.66. The molecule has 1 fully saturated rings. The molecule has 4 aromatic carbocycles. The van der Waals surface area contributed by atoms with Gasteiger partial charge in [-0.2, -0.15) is 0 Å². The van der Waals surface area contributed by atoms with Crippen molar-refractivity contribution in [2.75, 3.05) is 0 Å². The Balaban J connectivity index is 1.57. The summed E-state index contributed by atoms with van der Waals surface area (Å²) in [5.74, 6) is 0. The minimum atomic E-state index is -0.524. The van der Waals surface area contributed by atoms with Gasteiger partial charge in [0.1, 0.15) is 0 Å². The molecule has 5 aromatic rings. The third-order valence-corrected chi connectivity index (χ3v) is 8.88. The van der Waals surface area contributed by atoms with Crippen molar-refractivity contribution >= 4 is 23.4 Å². The van der Waals surface area contributed by atoms with Gasteiger partial charge in [-0.1, -0.05) is 91.0 Å². The lowest BCUT2D eigenvalue weighted by Crippen LogP contribution is -2.41. The SMILES string of the molecule is CC1(C)OB(c2ccc3c(c2)C(c2ccccc2)(c2cccnc2)c2ccc4ccccc4c2-3)OC1(C)C. The van der Waals surface area contributed by atoms with Crippen molar-refractivity contribution in [2.24, 2.45) is 0 Å². The summed E-state index contributed by atoms with van der Waals surface area (Å²) in [5, 5.41) is 2.50. The Labute approximate surface area is 224 Å². The van der Waals surface area contributed by atoms with Crippen LogP contribution in [0, 0.1) is 0 Å². The van der Waals surface area contributed by atoms with Crippen molar-refractivity contribution in [1.29, 1.82) is 0 Å². The molecule has 1 aliphatic carbocycles. The Morgan fingerprint density at radius 2 is 1.37 bits per heavy atom. The van der Waals surface area contributed by atoms with Gasteiger partial charge in [0, 0.05) is 12.4 Å². The molecule has 0 spiro atoms. The molecule has 0 N–H and O–H groups in total. The highest BCUT2D eigenvalue weighted by Gasteiger charge is 2.53. The average Bonchev–Trinajstić information content (AvgIpc) is 3.36. The van der Waals surface area contributed by atoms with Crippen molar-refractivity contribution in [2.45, 2.75) is 44.3 Å². The first-order valence-corrected chi connectivity index (χ1v) is 13.3. The average molecular weight is 495 g/mol. The summed E-state index contributed by atoms with van der Waals surface area (Å²) in [4.78, 5) is 4.60. The molecule has 2 heterocycles. The number of benzene rings is 4. The largest absolute Gasteiger partial charge is 0.494 e. The smallest absolute Gasteiger partial charge is 0.399 e. The van der Waals surface area contributed by atoms with Gasteiger partial charge in [-0.15, -0.1) is 0 Å². The molecule has 0 saturated carbocycles. The van der Waals surface area contributed by atoms with Gasteiger partial charge < -0.3 is 9.31 Å². The lowest BCUT2D eigenvalue weighted by molar-refractivity contribution is 0.00578. The second-order valence-corrected chi connectivity index (χ2v) is 11.5. The number of pyridine rings is 1. The van der Waals surface area contributed by atoms with Gasteiger partial charge in [0.05, 0.1) is 16.6 Å². The van der Waals surface area contributed by atoms with E-state index >= 15 is 0 Å². The van der Waals surface area contributed by atoms with Gasteiger partial charge >= 0.3 is 7.12 Å². The van der Waals surface area contributed by atoms with Crippen molar-refractivity contribution in [3.05, 3.63) is 132 Å². The van der Waals surface area contributed by atoms with Crippen LogP contribution < -0.4 is 5.46 Å². The summed E-state index contributed by atoms with van der Waals surface area (Å²) in [6.07, 6.45) is 3.86. The van der Waals surface area contributed by atoms with Gasteiger partial charge in [0.2, 0.25) is 0 Å². The number of nitrogens with zero attached hydrogens (tertiary/aromatic N) is 1. The molecule has 0 bridgehead atoms. The molecular weight excluding hydrogens is 465 g/mol. The van der Waals surface area contributed by atoms with Crippen LogP contribution in [0.25, 0.3) is 21.9 Å². The molecule has 3 nitrogen and oxygen atoms in total. The number of rotatable bonds is 3. The van der Waals surface area contributed by atoms with Crippen LogP contribution in [0.4, 0.5) is 0 Å². The van der Waals surface area contributed by atoms with E-state index in [2.05, 4.69) is 124 Å². The molecule has 0 radical (unpaired) electrons. The van der Waals surface area contributed by atoms with Crippen LogP contribution >= 0.6 is 0 Å². The van der Waals surface area contributed by atoms with Crippen LogP contribution in [0.2, 0.25) is 0 Å². The highest BCUT2D eigenvalue weighted by atomic mass is 16.7. The van der Waals surface area contributed by atoms with E-state index in [1.54, 1.807) is 0 Å². The molecule has 1 aromatic heterocycles. The Bertz CT molecular complexity index is 1620. The minimum Gasteiger partial charge on any atom is -0.399 e. The molecule has 7 rings (SSSR count). The summed E-state index contributed by atoms with van der Waals surface area (Å²) in [7, 11) is -0.437. The highest BCUT2D eigenvalue weighted by molar-refractivity contribution is 6.62. The van der Waals surface area contributed by atoms with Gasteiger partial charge in [-0.05, 0) is 83.4 Å². The second-order valence-electron chi connectivity index (χ2n) is 11.5. The van der Waals surface area contributed by atoms with Crippen molar-refractivity contribution in [3.8, 4) is 11.1 Å². The van der Waals surface area contributed by atoms with Crippen molar-refractivity contribution in [3.63, 3.8) is 0 Å². The van der Waals surface area contributed by atoms with Crippen molar-refractivity contribution < 1.29 is 9.31 Å². The third kappa shape index (κ3) is 3.14. The summed E-state index contributed by atoms with van der Waals surface area (Å²) >= 11 is 0. The zero-order chi connectivity index (χ0) is 26.1. The second kappa shape index (κ2) is 8.13. The number of hydrogen-bond donors (Lipinski definition) is 0. The Morgan fingerprint density at radius 3 is 2.11 bits per heavy atom. The monoisotopic (exact) mass is 495 g/mol. The maximum atomic E-state index is 6.50. The highest BCUT2D eigenvalue weighted by Crippen LogP contribution is 2.57. The van der Waals surface area contributed by atoms with E-state index in [0.29, 0.717) is 0 Å². The van der Waals surface area contributed by atoms with Gasteiger partial charge in [-0.25, -0.2) is 0 Å². The standard InChI is InChI=1S/C34H30BNO2/c1-32(2)33(3,4)38-35(37-32)26-17-18-28-30(21-26)34(24-12-6-5-7-13-24,25-14-10-20-36-22-25)29-19-16-23-11-8-9-15-27(23)31(28)29/h5-22H,1-4H3. The fraction of sp³-hybridized carbons (Fsp3) is 0.206. The molecule has 38 heavy (non-hydrogen) atoms. The molecule has 4 heteroatoms. The summed E-state index contributed by atoms with van der Waals surface area (Å²) < 4.78 is 13.0. The zero-order valence-electron chi connectivity index (χ0n) is 22.2. The Morgan fingerprint density at radius 1 is 0.658 bits per heavy atom. The summed E-state index contributed by atoms with van der Waals surface area (Å²) in [6, 6.07) is 35.1.